The fraction of sp³-hybridized carbons (Fsp3) is 0.615. The third-order valence-corrected chi connectivity index (χ3v) is 2.71. The first-order chi connectivity index (χ1) is 8.67. The predicted octanol–water partition coefficient (Wildman–Crippen LogP) is 2.59. The maximum atomic E-state index is 11.7. The van der Waals surface area contributed by atoms with Crippen molar-refractivity contribution >= 4 is 11.7 Å². The predicted molar refractivity (Wildman–Crippen MR) is 69.9 cm³/mol. The molecule has 1 rings (SSSR count). The molecule has 0 aromatic carbocycles. The zero-order chi connectivity index (χ0) is 13.4. The van der Waals surface area contributed by atoms with E-state index in [-0.39, 0.29) is 5.91 Å². The van der Waals surface area contributed by atoms with E-state index in [9.17, 15) is 4.79 Å². The normalized spacial score (nSPS) is 10.1. The summed E-state index contributed by atoms with van der Waals surface area (Å²) in [6.45, 7) is 2.16. The van der Waals surface area contributed by atoms with E-state index in [0.29, 0.717) is 17.8 Å². The fourth-order valence-electron chi connectivity index (χ4n) is 1.75. The van der Waals surface area contributed by atoms with E-state index in [1.807, 2.05) is 6.07 Å². The molecule has 5 heteroatoms. The molecule has 1 aromatic rings. The summed E-state index contributed by atoms with van der Waals surface area (Å²) in [4.78, 5) is 11.7. The van der Waals surface area contributed by atoms with Crippen LogP contribution in [0.1, 0.15) is 51.0 Å². The highest BCUT2D eigenvalue weighted by molar-refractivity contribution is 5.90. The van der Waals surface area contributed by atoms with Crippen molar-refractivity contribution in [2.45, 2.75) is 45.4 Å². The molecule has 1 aromatic heterocycles. The lowest BCUT2D eigenvalue weighted by Gasteiger charge is -2.02. The summed E-state index contributed by atoms with van der Waals surface area (Å²) >= 11 is 0. The van der Waals surface area contributed by atoms with Crippen LogP contribution < -0.4 is 5.32 Å². The first-order valence-corrected chi connectivity index (χ1v) is 6.41. The molecule has 5 nitrogen and oxygen atoms in total. The van der Waals surface area contributed by atoms with Gasteiger partial charge in [0.1, 0.15) is 11.6 Å². The van der Waals surface area contributed by atoms with Gasteiger partial charge in [-0.25, -0.2) is 0 Å². The summed E-state index contributed by atoms with van der Waals surface area (Å²) in [6, 6.07) is 2.01. The van der Waals surface area contributed by atoms with E-state index in [2.05, 4.69) is 17.3 Å². The number of aryl methyl sites for hydroxylation is 1. The first-order valence-electron chi connectivity index (χ1n) is 6.41. The monoisotopic (exact) mass is 248 g/mol. The molecule has 18 heavy (non-hydrogen) atoms. The summed E-state index contributed by atoms with van der Waals surface area (Å²) in [6.07, 6.45) is 7.65. The lowest BCUT2D eigenvalue weighted by molar-refractivity contribution is -0.116. The van der Waals surface area contributed by atoms with Crippen molar-refractivity contribution in [2.75, 3.05) is 5.32 Å². The van der Waals surface area contributed by atoms with E-state index in [4.69, 9.17) is 5.26 Å². The van der Waals surface area contributed by atoms with Crippen LogP contribution in [-0.2, 0) is 11.8 Å². The highest BCUT2D eigenvalue weighted by Gasteiger charge is 2.10. The van der Waals surface area contributed by atoms with Gasteiger partial charge in [-0.3, -0.25) is 9.48 Å². The Labute approximate surface area is 108 Å². The smallest absolute Gasteiger partial charge is 0.225 e. The summed E-state index contributed by atoms with van der Waals surface area (Å²) in [5.41, 5.74) is 0.400. The van der Waals surface area contributed by atoms with Gasteiger partial charge in [0.2, 0.25) is 5.91 Å². The molecule has 0 fully saturated rings. The van der Waals surface area contributed by atoms with E-state index in [0.717, 1.165) is 12.8 Å². The Balaban J connectivity index is 2.33. The Morgan fingerprint density at radius 1 is 1.44 bits per heavy atom. The number of amides is 1. The van der Waals surface area contributed by atoms with Gasteiger partial charge in [-0.1, -0.05) is 32.6 Å². The molecule has 0 saturated heterocycles. The number of hydrogen-bond acceptors (Lipinski definition) is 3. The molecule has 0 atom stereocenters. The van der Waals surface area contributed by atoms with Gasteiger partial charge < -0.3 is 5.32 Å². The molecule has 98 valence electrons. The third-order valence-electron chi connectivity index (χ3n) is 2.71. The minimum absolute atomic E-state index is 0.0679. The molecule has 1 N–H and O–H groups in total. The van der Waals surface area contributed by atoms with Crippen molar-refractivity contribution in [1.82, 2.24) is 9.78 Å². The number of nitrogens with zero attached hydrogens (tertiary/aromatic N) is 3. The molecular weight excluding hydrogens is 228 g/mol. The molecule has 0 aliphatic carbocycles. The number of unbranched alkanes of at least 4 members (excludes halogenated alkanes) is 4. The molecule has 0 bridgehead atoms. The van der Waals surface area contributed by atoms with Crippen LogP contribution in [0.4, 0.5) is 5.82 Å². The van der Waals surface area contributed by atoms with E-state index >= 15 is 0 Å². The van der Waals surface area contributed by atoms with Gasteiger partial charge >= 0.3 is 0 Å². The number of carbonyl (C=O) groups is 1. The van der Waals surface area contributed by atoms with Crippen LogP contribution in [-0.4, -0.2) is 15.7 Å². The van der Waals surface area contributed by atoms with Gasteiger partial charge in [0.15, 0.2) is 5.82 Å². The third kappa shape index (κ3) is 4.58. The van der Waals surface area contributed by atoms with E-state index in [1.54, 1.807) is 13.2 Å². The molecule has 0 saturated carbocycles. The number of rotatable bonds is 7. The zero-order valence-electron chi connectivity index (χ0n) is 11.1. The average molecular weight is 248 g/mol. The second-order valence-electron chi connectivity index (χ2n) is 4.39. The highest BCUT2D eigenvalue weighted by Crippen LogP contribution is 2.12. The summed E-state index contributed by atoms with van der Waals surface area (Å²) in [7, 11) is 1.72. The largest absolute Gasteiger partial charge is 0.308 e. The Morgan fingerprint density at radius 2 is 2.17 bits per heavy atom. The summed E-state index contributed by atoms with van der Waals surface area (Å²) in [5.74, 6) is 0.292. The number of carbonyl (C=O) groups excluding carboxylic acids is 1. The average Bonchev–Trinajstić information content (AvgIpc) is 2.69. The zero-order valence-corrected chi connectivity index (χ0v) is 11.1. The molecular formula is C13H20N4O. The van der Waals surface area contributed by atoms with Crippen LogP contribution in [0, 0.1) is 11.3 Å². The number of hydrogen-bond donors (Lipinski definition) is 1. The van der Waals surface area contributed by atoms with Crippen LogP contribution in [0.25, 0.3) is 0 Å². The van der Waals surface area contributed by atoms with Crippen LogP contribution in [0.3, 0.4) is 0 Å². The van der Waals surface area contributed by atoms with Crippen LogP contribution in [0.5, 0.6) is 0 Å². The van der Waals surface area contributed by atoms with Crippen molar-refractivity contribution in [3.05, 3.63) is 11.8 Å². The molecule has 0 unspecified atom stereocenters. The molecule has 0 spiro atoms. The van der Waals surface area contributed by atoms with Crippen molar-refractivity contribution in [3.8, 4) is 6.07 Å². The van der Waals surface area contributed by atoms with Crippen LogP contribution >= 0.6 is 0 Å². The van der Waals surface area contributed by atoms with Crippen LogP contribution in [0.2, 0.25) is 0 Å². The lowest BCUT2D eigenvalue weighted by atomic mass is 10.1. The van der Waals surface area contributed by atoms with Crippen molar-refractivity contribution in [1.29, 1.82) is 5.26 Å². The molecule has 0 aliphatic rings. The molecule has 1 amide bonds. The van der Waals surface area contributed by atoms with E-state index in [1.165, 1.54) is 23.9 Å². The van der Waals surface area contributed by atoms with Crippen molar-refractivity contribution in [2.24, 2.45) is 7.05 Å². The molecule has 1 heterocycles. The Morgan fingerprint density at radius 3 is 2.83 bits per heavy atom. The standard InChI is InChI=1S/C13H20N4O/c1-3-4-5-6-7-8-12(18)15-13-11(9-14)10-17(2)16-13/h10H,3-8H2,1-2H3,(H,15,16,18). The quantitative estimate of drug-likeness (QED) is 0.754. The number of aromatic nitrogens is 2. The second kappa shape index (κ2) is 7.49. The number of anilines is 1. The molecule has 0 aliphatic heterocycles. The van der Waals surface area contributed by atoms with Gasteiger partial charge in [-0.15, -0.1) is 0 Å². The first kappa shape index (κ1) is 14.2. The SMILES string of the molecule is CCCCCCCC(=O)Nc1nn(C)cc1C#N. The second-order valence-corrected chi connectivity index (χ2v) is 4.39. The van der Waals surface area contributed by atoms with Gasteiger partial charge in [0.25, 0.3) is 0 Å². The van der Waals surface area contributed by atoms with Gasteiger partial charge in [0, 0.05) is 19.7 Å². The highest BCUT2D eigenvalue weighted by atomic mass is 16.1. The summed E-state index contributed by atoms with van der Waals surface area (Å²) < 4.78 is 1.52. The maximum absolute atomic E-state index is 11.7. The summed E-state index contributed by atoms with van der Waals surface area (Å²) in [5, 5.41) is 15.6. The Bertz CT molecular complexity index is 431. The van der Waals surface area contributed by atoms with Gasteiger partial charge in [-0.05, 0) is 6.42 Å². The minimum Gasteiger partial charge on any atom is -0.308 e. The lowest BCUT2D eigenvalue weighted by Crippen LogP contribution is -2.12. The maximum Gasteiger partial charge on any atom is 0.225 e. The minimum atomic E-state index is -0.0679. The van der Waals surface area contributed by atoms with Gasteiger partial charge in [-0.2, -0.15) is 10.4 Å². The van der Waals surface area contributed by atoms with Gasteiger partial charge in [0.05, 0.1) is 0 Å². The fourth-order valence-corrected chi connectivity index (χ4v) is 1.75. The number of nitriles is 1. The molecule has 0 radical (unpaired) electrons. The Kier molecular flexibility index (Phi) is 5.92. The Hall–Kier alpha value is -1.83. The van der Waals surface area contributed by atoms with Crippen molar-refractivity contribution in [3.63, 3.8) is 0 Å². The number of nitrogens with one attached hydrogen (secondary N) is 1. The van der Waals surface area contributed by atoms with E-state index < -0.39 is 0 Å². The topological polar surface area (TPSA) is 70.7 Å². The van der Waals surface area contributed by atoms with Crippen LogP contribution in [0.15, 0.2) is 6.20 Å². The van der Waals surface area contributed by atoms with Crippen molar-refractivity contribution < 1.29 is 4.79 Å².